The maximum absolute atomic E-state index is 4.27. The number of rotatable bonds is 3. The van der Waals surface area contributed by atoms with Crippen molar-refractivity contribution < 1.29 is 0 Å². The molecule has 0 saturated heterocycles. The van der Waals surface area contributed by atoms with Crippen molar-refractivity contribution in [2.24, 2.45) is 0 Å². The minimum absolute atomic E-state index is 0.804. The zero-order valence-corrected chi connectivity index (χ0v) is 8.43. The van der Waals surface area contributed by atoms with Gasteiger partial charge < -0.3 is 0 Å². The quantitative estimate of drug-likeness (QED) is 0.705. The molecule has 74 valence electrons. The summed E-state index contributed by atoms with van der Waals surface area (Å²) in [6, 6.07) is 8.07. The minimum atomic E-state index is 0.804. The van der Waals surface area contributed by atoms with E-state index in [0.717, 1.165) is 17.7 Å². The second kappa shape index (κ2) is 4.51. The molecule has 0 aliphatic heterocycles. The van der Waals surface area contributed by atoms with Gasteiger partial charge in [-0.2, -0.15) is 0 Å². The SMILES string of the molecule is C=CCc1cc(-c2ccncc2)ccn1. The lowest BCUT2D eigenvalue weighted by molar-refractivity contribution is 1.11. The lowest BCUT2D eigenvalue weighted by Gasteiger charge is -2.02. The summed E-state index contributed by atoms with van der Waals surface area (Å²) in [6.45, 7) is 3.71. The fourth-order valence-electron chi connectivity index (χ4n) is 1.46. The molecule has 2 nitrogen and oxygen atoms in total. The van der Waals surface area contributed by atoms with Crippen molar-refractivity contribution >= 4 is 0 Å². The van der Waals surface area contributed by atoms with E-state index in [2.05, 4.69) is 22.6 Å². The second-order valence-electron chi connectivity index (χ2n) is 3.26. The van der Waals surface area contributed by atoms with Crippen LogP contribution in [0.15, 0.2) is 55.5 Å². The van der Waals surface area contributed by atoms with Crippen LogP contribution in [0.4, 0.5) is 0 Å². The van der Waals surface area contributed by atoms with Crippen molar-refractivity contribution in [2.75, 3.05) is 0 Å². The molecule has 0 unspecified atom stereocenters. The number of hydrogen-bond acceptors (Lipinski definition) is 2. The van der Waals surface area contributed by atoms with E-state index in [4.69, 9.17) is 0 Å². The topological polar surface area (TPSA) is 25.8 Å². The maximum atomic E-state index is 4.27. The van der Waals surface area contributed by atoms with Gasteiger partial charge in [-0.1, -0.05) is 6.08 Å². The lowest BCUT2D eigenvalue weighted by atomic mass is 10.1. The van der Waals surface area contributed by atoms with Gasteiger partial charge >= 0.3 is 0 Å². The summed E-state index contributed by atoms with van der Waals surface area (Å²) in [5.41, 5.74) is 3.38. The van der Waals surface area contributed by atoms with Crippen LogP contribution < -0.4 is 0 Å². The van der Waals surface area contributed by atoms with Gasteiger partial charge in [-0.25, -0.2) is 0 Å². The number of nitrogens with zero attached hydrogens (tertiary/aromatic N) is 2. The van der Waals surface area contributed by atoms with E-state index < -0.39 is 0 Å². The van der Waals surface area contributed by atoms with Crippen LogP contribution in [-0.4, -0.2) is 9.97 Å². The molecule has 2 rings (SSSR count). The fourth-order valence-corrected chi connectivity index (χ4v) is 1.46. The Bertz CT molecular complexity index is 449. The van der Waals surface area contributed by atoms with Crippen molar-refractivity contribution in [1.29, 1.82) is 0 Å². The van der Waals surface area contributed by atoms with E-state index in [1.54, 1.807) is 12.4 Å². The predicted octanol–water partition coefficient (Wildman–Crippen LogP) is 2.87. The molecule has 0 fully saturated rings. The van der Waals surface area contributed by atoms with Gasteiger partial charge in [-0.05, 0) is 35.4 Å². The van der Waals surface area contributed by atoms with Crippen molar-refractivity contribution in [1.82, 2.24) is 9.97 Å². The molecule has 0 amide bonds. The Labute approximate surface area is 89.3 Å². The Morgan fingerprint density at radius 2 is 1.80 bits per heavy atom. The molecular weight excluding hydrogens is 184 g/mol. The van der Waals surface area contributed by atoms with E-state index in [1.165, 1.54) is 5.56 Å². The van der Waals surface area contributed by atoms with Gasteiger partial charge in [0.05, 0.1) is 0 Å². The van der Waals surface area contributed by atoms with E-state index in [9.17, 15) is 0 Å². The maximum Gasteiger partial charge on any atom is 0.0447 e. The minimum Gasteiger partial charge on any atom is -0.265 e. The molecule has 2 heterocycles. The normalized spacial score (nSPS) is 9.87. The summed E-state index contributed by atoms with van der Waals surface area (Å²) >= 11 is 0. The Morgan fingerprint density at radius 3 is 2.53 bits per heavy atom. The molecule has 15 heavy (non-hydrogen) atoms. The molecule has 2 heteroatoms. The molecule has 0 aromatic carbocycles. The van der Waals surface area contributed by atoms with Crippen LogP contribution in [0.2, 0.25) is 0 Å². The molecule has 0 saturated carbocycles. The predicted molar refractivity (Wildman–Crippen MR) is 61.4 cm³/mol. The molecule has 0 N–H and O–H groups in total. The van der Waals surface area contributed by atoms with Gasteiger partial charge in [0.25, 0.3) is 0 Å². The molecular formula is C13H12N2. The molecule has 0 bridgehead atoms. The summed E-state index contributed by atoms with van der Waals surface area (Å²) in [4.78, 5) is 8.27. The molecule has 2 aromatic heterocycles. The Balaban J connectivity index is 2.37. The first-order valence-corrected chi connectivity index (χ1v) is 4.86. The number of hydrogen-bond donors (Lipinski definition) is 0. The second-order valence-corrected chi connectivity index (χ2v) is 3.26. The number of pyridine rings is 2. The summed E-state index contributed by atoms with van der Waals surface area (Å²) in [5.74, 6) is 0. The smallest absolute Gasteiger partial charge is 0.0447 e. The highest BCUT2D eigenvalue weighted by atomic mass is 14.7. The summed E-state index contributed by atoms with van der Waals surface area (Å²) in [6.07, 6.45) is 8.08. The lowest BCUT2D eigenvalue weighted by Crippen LogP contribution is -1.87. The summed E-state index contributed by atoms with van der Waals surface area (Å²) in [7, 11) is 0. The third-order valence-electron chi connectivity index (χ3n) is 2.18. The van der Waals surface area contributed by atoms with Gasteiger partial charge in [0.15, 0.2) is 0 Å². The van der Waals surface area contributed by atoms with Crippen LogP contribution in [0.1, 0.15) is 5.69 Å². The van der Waals surface area contributed by atoms with Gasteiger partial charge in [-0.15, -0.1) is 6.58 Å². The Morgan fingerprint density at radius 1 is 1.07 bits per heavy atom. The van der Waals surface area contributed by atoms with Crippen LogP contribution in [0, 0.1) is 0 Å². The Hall–Kier alpha value is -1.96. The van der Waals surface area contributed by atoms with Crippen LogP contribution in [-0.2, 0) is 6.42 Å². The average molecular weight is 196 g/mol. The molecule has 0 aliphatic rings. The molecule has 0 aliphatic carbocycles. The molecule has 2 aromatic rings. The highest BCUT2D eigenvalue weighted by molar-refractivity contribution is 5.62. The van der Waals surface area contributed by atoms with Gasteiger partial charge in [0.1, 0.15) is 0 Å². The largest absolute Gasteiger partial charge is 0.265 e. The van der Waals surface area contributed by atoms with Crippen LogP contribution >= 0.6 is 0 Å². The van der Waals surface area contributed by atoms with Crippen LogP contribution in [0.25, 0.3) is 11.1 Å². The van der Waals surface area contributed by atoms with E-state index in [1.807, 2.05) is 30.5 Å². The van der Waals surface area contributed by atoms with Crippen LogP contribution in [0.5, 0.6) is 0 Å². The van der Waals surface area contributed by atoms with E-state index in [-0.39, 0.29) is 0 Å². The molecule has 0 atom stereocenters. The first-order chi connectivity index (χ1) is 7.40. The third kappa shape index (κ3) is 2.29. The van der Waals surface area contributed by atoms with Crippen LogP contribution in [0.3, 0.4) is 0 Å². The zero-order chi connectivity index (χ0) is 10.5. The molecule has 0 spiro atoms. The zero-order valence-electron chi connectivity index (χ0n) is 8.43. The van der Waals surface area contributed by atoms with E-state index >= 15 is 0 Å². The monoisotopic (exact) mass is 196 g/mol. The first kappa shape index (κ1) is 9.59. The number of aromatic nitrogens is 2. The molecule has 0 radical (unpaired) electrons. The van der Waals surface area contributed by atoms with Gasteiger partial charge in [-0.3, -0.25) is 9.97 Å². The fraction of sp³-hybridized carbons (Fsp3) is 0.0769. The van der Waals surface area contributed by atoms with Crippen molar-refractivity contribution in [3.05, 3.63) is 61.2 Å². The third-order valence-corrected chi connectivity index (χ3v) is 2.18. The van der Waals surface area contributed by atoms with E-state index in [0.29, 0.717) is 0 Å². The van der Waals surface area contributed by atoms with Gasteiger partial charge in [0, 0.05) is 30.7 Å². The summed E-state index contributed by atoms with van der Waals surface area (Å²) < 4.78 is 0. The average Bonchev–Trinajstić information content (AvgIpc) is 2.31. The number of allylic oxidation sites excluding steroid dienone is 1. The highest BCUT2D eigenvalue weighted by Crippen LogP contribution is 2.18. The van der Waals surface area contributed by atoms with Crippen molar-refractivity contribution in [3.8, 4) is 11.1 Å². The van der Waals surface area contributed by atoms with Crippen molar-refractivity contribution in [3.63, 3.8) is 0 Å². The Kier molecular flexibility index (Phi) is 2.88. The highest BCUT2D eigenvalue weighted by Gasteiger charge is 1.98. The van der Waals surface area contributed by atoms with Gasteiger partial charge in [0.2, 0.25) is 0 Å². The summed E-state index contributed by atoms with van der Waals surface area (Å²) in [5, 5.41) is 0. The standard InChI is InChI=1S/C13H12N2/c1-2-3-13-10-12(6-9-15-13)11-4-7-14-8-5-11/h2,4-10H,1,3H2. The first-order valence-electron chi connectivity index (χ1n) is 4.86. The van der Waals surface area contributed by atoms with Crippen molar-refractivity contribution in [2.45, 2.75) is 6.42 Å².